The fourth-order valence-corrected chi connectivity index (χ4v) is 3.66. The number of nitrogens with zero attached hydrogens (tertiary/aromatic N) is 1. The molecule has 2 fully saturated rings. The van der Waals surface area contributed by atoms with Crippen LogP contribution >= 0.6 is 0 Å². The summed E-state index contributed by atoms with van der Waals surface area (Å²) in [5, 5.41) is 3.64. The smallest absolute Gasteiger partial charge is 0.0192 e. The Bertz CT molecular complexity index is 227. The second-order valence-electron chi connectivity index (χ2n) is 7.09. The van der Waals surface area contributed by atoms with Crippen molar-refractivity contribution in [2.75, 3.05) is 26.2 Å². The van der Waals surface area contributed by atoms with E-state index in [1.54, 1.807) is 0 Å². The monoisotopic (exact) mass is 252 g/mol. The van der Waals surface area contributed by atoms with Crippen molar-refractivity contribution in [1.82, 2.24) is 10.2 Å². The van der Waals surface area contributed by atoms with Gasteiger partial charge in [-0.15, -0.1) is 0 Å². The highest BCUT2D eigenvalue weighted by Gasteiger charge is 2.32. The molecular weight excluding hydrogens is 220 g/mol. The first-order valence-corrected chi connectivity index (χ1v) is 8.10. The van der Waals surface area contributed by atoms with Gasteiger partial charge in [0.05, 0.1) is 0 Å². The summed E-state index contributed by atoms with van der Waals surface area (Å²) < 4.78 is 0. The summed E-state index contributed by atoms with van der Waals surface area (Å²) in [6, 6.07) is 0.723. The molecule has 0 aromatic carbocycles. The van der Waals surface area contributed by atoms with E-state index in [0.29, 0.717) is 0 Å². The minimum Gasteiger partial charge on any atom is -0.315 e. The van der Waals surface area contributed by atoms with E-state index >= 15 is 0 Å². The quantitative estimate of drug-likeness (QED) is 0.731. The number of nitrogens with one attached hydrogen (secondary N) is 1. The Labute approximate surface area is 114 Å². The lowest BCUT2D eigenvalue weighted by molar-refractivity contribution is 0.0585. The lowest BCUT2D eigenvalue weighted by atomic mass is 9.77. The van der Waals surface area contributed by atoms with Crippen molar-refractivity contribution in [1.29, 1.82) is 0 Å². The summed E-state index contributed by atoms with van der Waals surface area (Å²) in [6.07, 6.45) is 7.28. The Kier molecular flexibility index (Phi) is 5.50. The lowest BCUT2D eigenvalue weighted by Gasteiger charge is -2.44. The van der Waals surface area contributed by atoms with Crippen molar-refractivity contribution in [3.63, 3.8) is 0 Å². The van der Waals surface area contributed by atoms with Crippen LogP contribution in [-0.2, 0) is 0 Å². The van der Waals surface area contributed by atoms with Crippen LogP contribution in [0.3, 0.4) is 0 Å². The molecular formula is C16H32N2. The van der Waals surface area contributed by atoms with Crippen LogP contribution in [0.25, 0.3) is 0 Å². The van der Waals surface area contributed by atoms with Crippen LogP contribution in [0.15, 0.2) is 0 Å². The van der Waals surface area contributed by atoms with E-state index in [1.165, 1.54) is 58.3 Å². The van der Waals surface area contributed by atoms with E-state index in [2.05, 4.69) is 31.0 Å². The van der Waals surface area contributed by atoms with E-state index < -0.39 is 0 Å². The number of rotatable bonds is 6. The van der Waals surface area contributed by atoms with Gasteiger partial charge in [0.25, 0.3) is 0 Å². The highest BCUT2D eigenvalue weighted by atomic mass is 15.2. The zero-order chi connectivity index (χ0) is 13.0. The van der Waals surface area contributed by atoms with Crippen molar-refractivity contribution in [2.45, 2.75) is 58.9 Å². The number of hydrogen-bond acceptors (Lipinski definition) is 2. The number of likely N-dealkylation sites (tertiary alicyclic amines) is 1. The van der Waals surface area contributed by atoms with Crippen LogP contribution in [0, 0.1) is 17.8 Å². The largest absolute Gasteiger partial charge is 0.315 e. The molecule has 18 heavy (non-hydrogen) atoms. The van der Waals surface area contributed by atoms with Gasteiger partial charge >= 0.3 is 0 Å². The molecule has 1 heterocycles. The summed E-state index contributed by atoms with van der Waals surface area (Å²) in [5.74, 6) is 2.84. The maximum atomic E-state index is 3.64. The second kappa shape index (κ2) is 6.91. The molecule has 1 saturated carbocycles. The SMILES string of the molecule is CC(C)CCNCC(C)N1CC2CCCC(C2)C1. The molecule has 0 amide bonds. The van der Waals surface area contributed by atoms with Crippen molar-refractivity contribution < 1.29 is 0 Å². The molecule has 0 spiro atoms. The molecule has 3 atom stereocenters. The molecule has 0 aromatic heterocycles. The van der Waals surface area contributed by atoms with Crippen LogP contribution < -0.4 is 5.32 Å². The average molecular weight is 252 g/mol. The van der Waals surface area contributed by atoms with Gasteiger partial charge in [0.1, 0.15) is 0 Å². The maximum absolute atomic E-state index is 3.64. The summed E-state index contributed by atoms with van der Waals surface area (Å²) in [4.78, 5) is 2.75. The zero-order valence-corrected chi connectivity index (χ0v) is 12.6. The standard InChI is InChI=1S/C16H32N2/c1-13(2)7-8-17-10-14(3)18-11-15-5-4-6-16(9-15)12-18/h13-17H,4-12H2,1-3H3. The Morgan fingerprint density at radius 1 is 1.11 bits per heavy atom. The fraction of sp³-hybridized carbons (Fsp3) is 1.00. The first-order chi connectivity index (χ1) is 8.65. The van der Waals surface area contributed by atoms with Crippen LogP contribution in [0.2, 0.25) is 0 Å². The third kappa shape index (κ3) is 4.24. The van der Waals surface area contributed by atoms with E-state index in [0.717, 1.165) is 23.8 Å². The van der Waals surface area contributed by atoms with Crippen molar-refractivity contribution in [2.24, 2.45) is 17.8 Å². The maximum Gasteiger partial charge on any atom is 0.0192 e. The topological polar surface area (TPSA) is 15.3 Å². The predicted molar refractivity (Wildman–Crippen MR) is 78.8 cm³/mol. The Morgan fingerprint density at radius 2 is 1.78 bits per heavy atom. The average Bonchev–Trinajstić information content (AvgIpc) is 2.33. The van der Waals surface area contributed by atoms with E-state index in [-0.39, 0.29) is 0 Å². The normalized spacial score (nSPS) is 30.7. The Hall–Kier alpha value is -0.0800. The molecule has 2 heteroatoms. The summed E-state index contributed by atoms with van der Waals surface area (Å²) in [7, 11) is 0. The van der Waals surface area contributed by atoms with Gasteiger partial charge in [-0.3, -0.25) is 4.90 Å². The zero-order valence-electron chi connectivity index (χ0n) is 12.6. The van der Waals surface area contributed by atoms with Crippen LogP contribution in [0.1, 0.15) is 52.9 Å². The van der Waals surface area contributed by atoms with Crippen LogP contribution in [0.5, 0.6) is 0 Å². The minimum absolute atomic E-state index is 0.723. The third-order valence-electron chi connectivity index (χ3n) is 4.84. The highest BCUT2D eigenvalue weighted by molar-refractivity contribution is 4.86. The molecule has 0 aromatic rings. The van der Waals surface area contributed by atoms with Crippen molar-refractivity contribution >= 4 is 0 Å². The van der Waals surface area contributed by atoms with Gasteiger partial charge in [-0.05, 0) is 56.9 Å². The van der Waals surface area contributed by atoms with E-state index in [1.807, 2.05) is 0 Å². The van der Waals surface area contributed by atoms with Gasteiger partial charge in [0.2, 0.25) is 0 Å². The fourth-order valence-electron chi connectivity index (χ4n) is 3.66. The molecule has 2 bridgehead atoms. The van der Waals surface area contributed by atoms with Gasteiger partial charge in [-0.25, -0.2) is 0 Å². The predicted octanol–water partition coefficient (Wildman–Crippen LogP) is 3.13. The first-order valence-electron chi connectivity index (χ1n) is 8.10. The van der Waals surface area contributed by atoms with Gasteiger partial charge < -0.3 is 5.32 Å². The lowest BCUT2D eigenvalue weighted by Crippen LogP contribution is -2.49. The first kappa shape index (κ1) is 14.3. The van der Waals surface area contributed by atoms with Crippen LogP contribution in [0.4, 0.5) is 0 Å². The third-order valence-corrected chi connectivity index (χ3v) is 4.84. The number of piperidine rings is 1. The molecule has 3 unspecified atom stereocenters. The van der Waals surface area contributed by atoms with E-state index in [4.69, 9.17) is 0 Å². The van der Waals surface area contributed by atoms with Crippen molar-refractivity contribution in [3.05, 3.63) is 0 Å². The van der Waals surface area contributed by atoms with Gasteiger partial charge in [0.15, 0.2) is 0 Å². The number of fused-ring (bicyclic) bond motifs is 2. The second-order valence-corrected chi connectivity index (χ2v) is 7.09. The molecule has 106 valence electrons. The molecule has 1 saturated heterocycles. The van der Waals surface area contributed by atoms with Crippen molar-refractivity contribution in [3.8, 4) is 0 Å². The summed E-state index contributed by atoms with van der Waals surface area (Å²) in [5.41, 5.74) is 0. The Morgan fingerprint density at radius 3 is 2.39 bits per heavy atom. The number of hydrogen-bond donors (Lipinski definition) is 1. The summed E-state index contributed by atoms with van der Waals surface area (Å²) in [6.45, 7) is 12.1. The van der Waals surface area contributed by atoms with Gasteiger partial charge in [-0.2, -0.15) is 0 Å². The molecule has 0 radical (unpaired) electrons. The molecule has 2 aliphatic rings. The summed E-state index contributed by atoms with van der Waals surface area (Å²) >= 11 is 0. The van der Waals surface area contributed by atoms with Crippen LogP contribution in [-0.4, -0.2) is 37.1 Å². The molecule has 1 N–H and O–H groups in total. The molecule has 2 nitrogen and oxygen atoms in total. The minimum atomic E-state index is 0.723. The molecule has 1 aliphatic heterocycles. The van der Waals surface area contributed by atoms with Gasteiger partial charge in [-0.1, -0.05) is 20.3 Å². The van der Waals surface area contributed by atoms with E-state index in [9.17, 15) is 0 Å². The highest BCUT2D eigenvalue weighted by Crippen LogP contribution is 2.34. The molecule has 1 aliphatic carbocycles. The Balaban J connectivity index is 1.67. The van der Waals surface area contributed by atoms with Gasteiger partial charge in [0, 0.05) is 25.7 Å². The molecule has 2 rings (SSSR count).